The highest BCUT2D eigenvalue weighted by atomic mass is 35.5. The lowest BCUT2D eigenvalue weighted by Crippen LogP contribution is -2.14. The van der Waals surface area contributed by atoms with Gasteiger partial charge in [-0.1, -0.05) is 11.6 Å². The van der Waals surface area contributed by atoms with Crippen LogP contribution in [-0.2, 0) is 17.8 Å². The van der Waals surface area contributed by atoms with Crippen molar-refractivity contribution in [1.82, 2.24) is 24.8 Å². The number of hydrogen-bond donors (Lipinski definition) is 0. The minimum Gasteiger partial charge on any atom is -0.385 e. The second kappa shape index (κ2) is 8.45. The average Bonchev–Trinajstić information content (AvgIpc) is 3.22. The molecule has 0 N–H and O–H groups in total. The van der Waals surface area contributed by atoms with Crippen LogP contribution in [0.1, 0.15) is 28.2 Å². The maximum absolute atomic E-state index is 12.7. The molecule has 142 valence electrons. The third-order valence-corrected chi connectivity index (χ3v) is 4.70. The molecule has 27 heavy (non-hydrogen) atoms. The predicted molar refractivity (Wildman–Crippen MR) is 103 cm³/mol. The van der Waals surface area contributed by atoms with Gasteiger partial charge in [0.1, 0.15) is 6.54 Å². The Balaban J connectivity index is 1.72. The first-order valence-corrected chi connectivity index (χ1v) is 9.10. The molecule has 0 aliphatic carbocycles. The van der Waals surface area contributed by atoms with Crippen molar-refractivity contribution in [2.45, 2.75) is 33.4 Å². The molecule has 0 bridgehead atoms. The van der Waals surface area contributed by atoms with Crippen LogP contribution >= 0.6 is 11.6 Å². The van der Waals surface area contributed by atoms with Crippen LogP contribution in [0.4, 0.5) is 0 Å². The number of carbonyl (C=O) groups is 1. The number of ether oxygens (including phenoxy) is 1. The monoisotopic (exact) mass is 387 g/mol. The first kappa shape index (κ1) is 19.3. The molecule has 3 rings (SSSR count). The van der Waals surface area contributed by atoms with Crippen LogP contribution in [0.15, 0.2) is 30.3 Å². The molecule has 2 heterocycles. The molecule has 0 saturated carbocycles. The molecule has 0 atom stereocenters. The van der Waals surface area contributed by atoms with Crippen molar-refractivity contribution >= 4 is 17.4 Å². The van der Waals surface area contributed by atoms with Crippen molar-refractivity contribution in [3.63, 3.8) is 0 Å². The molecule has 1 aromatic carbocycles. The van der Waals surface area contributed by atoms with Gasteiger partial charge in [0.15, 0.2) is 5.78 Å². The molecule has 2 aromatic heterocycles. The quantitative estimate of drug-likeness (QED) is 0.437. The van der Waals surface area contributed by atoms with Crippen molar-refractivity contribution in [3.8, 4) is 11.4 Å². The Bertz CT molecular complexity index is 930. The van der Waals surface area contributed by atoms with Gasteiger partial charge in [-0.15, -0.1) is 10.2 Å². The third-order valence-electron chi connectivity index (χ3n) is 4.44. The Morgan fingerprint density at radius 3 is 2.67 bits per heavy atom. The summed E-state index contributed by atoms with van der Waals surface area (Å²) in [7, 11) is 1.69. The van der Waals surface area contributed by atoms with E-state index in [4.69, 9.17) is 16.3 Å². The maximum atomic E-state index is 12.7. The normalized spacial score (nSPS) is 11.1. The zero-order valence-electron chi connectivity index (χ0n) is 15.6. The Morgan fingerprint density at radius 1 is 1.22 bits per heavy atom. The van der Waals surface area contributed by atoms with E-state index in [1.807, 2.05) is 32.0 Å². The fraction of sp³-hybridized carbons (Fsp3) is 0.368. The maximum Gasteiger partial charge on any atom is 0.204 e. The minimum absolute atomic E-state index is 0.0406. The van der Waals surface area contributed by atoms with Crippen molar-refractivity contribution in [1.29, 1.82) is 0 Å². The van der Waals surface area contributed by atoms with Gasteiger partial charge in [-0.05, 0) is 55.8 Å². The van der Waals surface area contributed by atoms with E-state index >= 15 is 0 Å². The van der Waals surface area contributed by atoms with Gasteiger partial charge in [0.25, 0.3) is 0 Å². The van der Waals surface area contributed by atoms with Gasteiger partial charge in [-0.25, -0.2) is 0 Å². The molecule has 8 heteroatoms. The molecular weight excluding hydrogens is 366 g/mol. The van der Waals surface area contributed by atoms with E-state index in [0.717, 1.165) is 29.9 Å². The van der Waals surface area contributed by atoms with Crippen molar-refractivity contribution in [2.75, 3.05) is 13.7 Å². The van der Waals surface area contributed by atoms with E-state index in [2.05, 4.69) is 20.0 Å². The Kier molecular flexibility index (Phi) is 6.03. The summed E-state index contributed by atoms with van der Waals surface area (Å²) in [6.45, 7) is 5.52. The Labute approximate surface area is 162 Å². The number of hydrogen-bond acceptors (Lipinski definition) is 5. The summed E-state index contributed by atoms with van der Waals surface area (Å²) in [5.74, 6) is 0.422. The summed E-state index contributed by atoms with van der Waals surface area (Å²) in [6.07, 6.45) is 0.898. The van der Waals surface area contributed by atoms with Gasteiger partial charge in [-0.3, -0.25) is 4.79 Å². The zero-order chi connectivity index (χ0) is 19.4. The van der Waals surface area contributed by atoms with Gasteiger partial charge in [-0.2, -0.15) is 4.80 Å². The number of tetrazole rings is 1. The summed E-state index contributed by atoms with van der Waals surface area (Å²) >= 11 is 5.90. The largest absolute Gasteiger partial charge is 0.385 e. The van der Waals surface area contributed by atoms with Crippen LogP contribution < -0.4 is 0 Å². The second-order valence-electron chi connectivity index (χ2n) is 6.36. The van der Waals surface area contributed by atoms with Crippen molar-refractivity contribution in [3.05, 3.63) is 52.3 Å². The fourth-order valence-electron chi connectivity index (χ4n) is 3.03. The van der Waals surface area contributed by atoms with Crippen LogP contribution in [0, 0.1) is 13.8 Å². The highest BCUT2D eigenvalue weighted by Gasteiger charge is 2.17. The van der Waals surface area contributed by atoms with Crippen LogP contribution in [0.5, 0.6) is 0 Å². The molecule has 0 fully saturated rings. The highest BCUT2D eigenvalue weighted by Crippen LogP contribution is 2.19. The highest BCUT2D eigenvalue weighted by molar-refractivity contribution is 6.30. The first-order chi connectivity index (χ1) is 13.0. The number of rotatable bonds is 8. The summed E-state index contributed by atoms with van der Waals surface area (Å²) in [5, 5.41) is 13.0. The molecule has 0 radical (unpaired) electrons. The number of methoxy groups -OCH3 is 1. The molecule has 0 amide bonds. The lowest BCUT2D eigenvalue weighted by atomic mass is 10.1. The molecule has 0 aliphatic heterocycles. The predicted octanol–water partition coefficient (Wildman–Crippen LogP) is 3.33. The number of Topliss-reactive ketones (excluding diaryl/α,β-unsaturated/α-hetero) is 1. The van der Waals surface area contributed by atoms with E-state index in [-0.39, 0.29) is 12.3 Å². The number of nitrogens with zero attached hydrogens (tertiary/aromatic N) is 5. The Morgan fingerprint density at radius 2 is 1.96 bits per heavy atom. The van der Waals surface area contributed by atoms with Crippen LogP contribution in [0.25, 0.3) is 11.4 Å². The smallest absolute Gasteiger partial charge is 0.204 e. The number of benzene rings is 1. The van der Waals surface area contributed by atoms with Crippen LogP contribution in [0.3, 0.4) is 0 Å². The summed E-state index contributed by atoms with van der Waals surface area (Å²) in [4.78, 5) is 14.1. The molecule has 0 aliphatic rings. The van der Waals surface area contributed by atoms with E-state index in [0.29, 0.717) is 23.0 Å². The summed E-state index contributed by atoms with van der Waals surface area (Å²) in [5.41, 5.74) is 3.50. The SMILES string of the molecule is COCCCn1c(C)cc(C(=O)Cn2nnc(-c3ccc(Cl)cc3)n2)c1C. The number of carbonyl (C=O) groups excluding carboxylic acids is 1. The van der Waals surface area contributed by atoms with Crippen LogP contribution in [-0.4, -0.2) is 44.3 Å². The van der Waals surface area contributed by atoms with Gasteiger partial charge < -0.3 is 9.30 Å². The molecular formula is C19H22ClN5O2. The van der Waals surface area contributed by atoms with E-state index in [1.165, 1.54) is 4.80 Å². The molecule has 3 aromatic rings. The van der Waals surface area contributed by atoms with Gasteiger partial charge >= 0.3 is 0 Å². The van der Waals surface area contributed by atoms with Gasteiger partial charge in [0.2, 0.25) is 5.82 Å². The molecule has 0 unspecified atom stereocenters. The van der Waals surface area contributed by atoms with E-state index in [9.17, 15) is 4.79 Å². The van der Waals surface area contributed by atoms with Gasteiger partial charge in [0, 0.05) is 47.8 Å². The third kappa shape index (κ3) is 4.43. The van der Waals surface area contributed by atoms with Crippen molar-refractivity contribution < 1.29 is 9.53 Å². The standard InChI is InChI=1S/C19H22ClN5O2/c1-13-11-17(14(2)24(13)9-4-10-27-3)18(26)12-25-22-19(21-23-25)15-5-7-16(20)8-6-15/h5-8,11H,4,9-10,12H2,1-3H3. The van der Waals surface area contributed by atoms with E-state index < -0.39 is 0 Å². The average molecular weight is 388 g/mol. The number of aryl methyl sites for hydroxylation is 1. The Hall–Kier alpha value is -2.51. The number of ketones is 1. The first-order valence-electron chi connectivity index (χ1n) is 8.72. The number of aromatic nitrogens is 5. The fourth-order valence-corrected chi connectivity index (χ4v) is 3.16. The lowest BCUT2D eigenvalue weighted by molar-refractivity contribution is 0.0960. The molecule has 0 spiro atoms. The summed E-state index contributed by atoms with van der Waals surface area (Å²) < 4.78 is 7.25. The molecule has 0 saturated heterocycles. The zero-order valence-corrected chi connectivity index (χ0v) is 16.4. The topological polar surface area (TPSA) is 74.8 Å². The lowest BCUT2D eigenvalue weighted by Gasteiger charge is -2.09. The second-order valence-corrected chi connectivity index (χ2v) is 6.79. The van der Waals surface area contributed by atoms with Crippen molar-refractivity contribution in [2.24, 2.45) is 0 Å². The van der Waals surface area contributed by atoms with Crippen LogP contribution in [0.2, 0.25) is 5.02 Å². The van der Waals surface area contributed by atoms with Gasteiger partial charge in [0.05, 0.1) is 0 Å². The minimum atomic E-state index is -0.0406. The van der Waals surface area contributed by atoms with E-state index in [1.54, 1.807) is 19.2 Å². The number of halogens is 1. The molecule has 7 nitrogen and oxygen atoms in total. The summed E-state index contributed by atoms with van der Waals surface area (Å²) in [6, 6.07) is 9.09.